The van der Waals surface area contributed by atoms with E-state index in [9.17, 15) is 9.59 Å². The Bertz CT molecular complexity index is 254. The fourth-order valence-corrected chi connectivity index (χ4v) is 2.11. The van der Waals surface area contributed by atoms with Crippen molar-refractivity contribution in [3.05, 3.63) is 0 Å². The minimum Gasteiger partial charge on any atom is -0.355 e. The smallest absolute Gasteiger partial charge is 0.234 e. The van der Waals surface area contributed by atoms with Crippen LogP contribution in [0.5, 0.6) is 0 Å². The van der Waals surface area contributed by atoms with Crippen LogP contribution in [0.4, 0.5) is 0 Å². The molecule has 1 saturated heterocycles. The second-order valence-corrected chi connectivity index (χ2v) is 5.31. The summed E-state index contributed by atoms with van der Waals surface area (Å²) >= 11 is 0. The fourth-order valence-electron chi connectivity index (χ4n) is 2.11. The van der Waals surface area contributed by atoms with Crippen LogP contribution in [0.1, 0.15) is 33.1 Å². The van der Waals surface area contributed by atoms with Crippen LogP contribution in [0.15, 0.2) is 0 Å². The molecule has 1 N–H and O–H groups in total. The molecule has 0 saturated carbocycles. The topological polar surface area (TPSA) is 49.4 Å². The van der Waals surface area contributed by atoms with Crippen LogP contribution >= 0.6 is 0 Å². The maximum atomic E-state index is 11.6. The van der Waals surface area contributed by atoms with Crippen LogP contribution in [-0.2, 0) is 9.59 Å². The van der Waals surface area contributed by atoms with Gasteiger partial charge in [-0.25, -0.2) is 0 Å². The summed E-state index contributed by atoms with van der Waals surface area (Å²) in [4.78, 5) is 24.4. The van der Waals surface area contributed by atoms with E-state index in [-0.39, 0.29) is 11.8 Å². The van der Waals surface area contributed by atoms with Crippen molar-refractivity contribution >= 4 is 12.2 Å². The zero-order valence-corrected chi connectivity index (χ0v) is 10.9. The van der Waals surface area contributed by atoms with Gasteiger partial charge in [-0.2, -0.15) is 0 Å². The van der Waals surface area contributed by atoms with Gasteiger partial charge in [-0.3, -0.25) is 9.69 Å². The summed E-state index contributed by atoms with van der Waals surface area (Å²) in [7, 11) is 0. The Kier molecular flexibility index (Phi) is 6.19. The molecule has 1 atom stereocenters. The average Bonchev–Trinajstić information content (AvgIpc) is 2.28. The highest BCUT2D eigenvalue weighted by molar-refractivity contribution is 5.78. The molecule has 0 spiro atoms. The first kappa shape index (κ1) is 14.2. The molecule has 17 heavy (non-hydrogen) atoms. The number of hydrogen-bond donors (Lipinski definition) is 1. The Hall–Kier alpha value is -0.900. The van der Waals surface area contributed by atoms with Gasteiger partial charge >= 0.3 is 0 Å². The van der Waals surface area contributed by atoms with E-state index >= 15 is 0 Å². The predicted molar refractivity (Wildman–Crippen MR) is 67.7 cm³/mol. The van der Waals surface area contributed by atoms with Gasteiger partial charge in [-0.15, -0.1) is 0 Å². The molecule has 0 radical (unpaired) electrons. The van der Waals surface area contributed by atoms with Gasteiger partial charge in [0.15, 0.2) is 0 Å². The molecule has 1 heterocycles. The Morgan fingerprint density at radius 2 is 2.29 bits per heavy atom. The quantitative estimate of drug-likeness (QED) is 0.706. The molecular weight excluding hydrogens is 216 g/mol. The van der Waals surface area contributed by atoms with E-state index in [0.717, 1.165) is 45.2 Å². The third-order valence-electron chi connectivity index (χ3n) is 3.15. The molecule has 4 heteroatoms. The third-order valence-corrected chi connectivity index (χ3v) is 3.15. The predicted octanol–water partition coefficient (Wildman–Crippen LogP) is 1.06. The Morgan fingerprint density at radius 3 is 2.94 bits per heavy atom. The van der Waals surface area contributed by atoms with Crippen LogP contribution in [-0.4, -0.2) is 43.3 Å². The molecule has 1 fully saturated rings. The lowest BCUT2D eigenvalue weighted by molar-refractivity contribution is -0.123. The molecule has 98 valence electrons. The number of hydrogen-bond acceptors (Lipinski definition) is 3. The van der Waals surface area contributed by atoms with E-state index in [1.807, 2.05) is 0 Å². The molecule has 0 aliphatic carbocycles. The van der Waals surface area contributed by atoms with Gasteiger partial charge in [-0.1, -0.05) is 13.8 Å². The largest absolute Gasteiger partial charge is 0.355 e. The molecule has 0 aromatic carbocycles. The fraction of sp³-hybridized carbons (Fsp3) is 0.846. The van der Waals surface area contributed by atoms with Crippen molar-refractivity contribution in [3.8, 4) is 0 Å². The standard InChI is InChI=1S/C13H24N2O2/c1-11(2)5-6-14-13(17)9-15-7-3-4-12(8-15)10-16/h10-12H,3-9H2,1-2H3,(H,14,17). The summed E-state index contributed by atoms with van der Waals surface area (Å²) in [6.07, 6.45) is 4.02. The summed E-state index contributed by atoms with van der Waals surface area (Å²) in [5, 5.41) is 2.93. The molecule has 0 aromatic rings. The minimum absolute atomic E-state index is 0.0807. The van der Waals surface area contributed by atoms with Gasteiger partial charge in [0.2, 0.25) is 5.91 Å². The van der Waals surface area contributed by atoms with Crippen molar-refractivity contribution < 1.29 is 9.59 Å². The van der Waals surface area contributed by atoms with Crippen molar-refractivity contribution in [2.75, 3.05) is 26.2 Å². The lowest BCUT2D eigenvalue weighted by Gasteiger charge is -2.29. The number of carbonyl (C=O) groups is 2. The van der Waals surface area contributed by atoms with E-state index in [2.05, 4.69) is 24.1 Å². The Morgan fingerprint density at radius 1 is 1.53 bits per heavy atom. The lowest BCUT2D eigenvalue weighted by Crippen LogP contribution is -2.43. The van der Waals surface area contributed by atoms with Crippen molar-refractivity contribution in [1.82, 2.24) is 10.2 Å². The van der Waals surface area contributed by atoms with Crippen LogP contribution < -0.4 is 5.32 Å². The number of nitrogens with one attached hydrogen (secondary N) is 1. The van der Waals surface area contributed by atoms with Crippen LogP contribution in [0.3, 0.4) is 0 Å². The summed E-state index contributed by atoms with van der Waals surface area (Å²) in [5.41, 5.74) is 0. The van der Waals surface area contributed by atoms with E-state index < -0.39 is 0 Å². The second-order valence-electron chi connectivity index (χ2n) is 5.31. The van der Waals surface area contributed by atoms with E-state index in [1.54, 1.807) is 0 Å². The van der Waals surface area contributed by atoms with Crippen LogP contribution in [0, 0.1) is 11.8 Å². The number of aldehydes is 1. The number of nitrogens with zero attached hydrogens (tertiary/aromatic N) is 1. The Labute approximate surface area is 104 Å². The highest BCUT2D eigenvalue weighted by Gasteiger charge is 2.20. The maximum absolute atomic E-state index is 11.6. The molecule has 1 unspecified atom stereocenters. The van der Waals surface area contributed by atoms with Gasteiger partial charge in [0.05, 0.1) is 6.54 Å². The molecular formula is C13H24N2O2. The molecule has 1 aliphatic heterocycles. The molecule has 0 bridgehead atoms. The first-order valence-corrected chi connectivity index (χ1v) is 6.56. The SMILES string of the molecule is CC(C)CCNC(=O)CN1CCCC(C=O)C1. The van der Waals surface area contributed by atoms with Gasteiger partial charge in [-0.05, 0) is 31.7 Å². The summed E-state index contributed by atoms with van der Waals surface area (Å²) < 4.78 is 0. The van der Waals surface area contributed by atoms with Gasteiger partial charge < -0.3 is 10.1 Å². The third kappa shape index (κ3) is 5.82. The minimum atomic E-state index is 0.0807. The van der Waals surface area contributed by atoms with E-state index in [1.165, 1.54) is 0 Å². The summed E-state index contributed by atoms with van der Waals surface area (Å²) in [6, 6.07) is 0. The van der Waals surface area contributed by atoms with Gasteiger partial charge in [0.25, 0.3) is 0 Å². The first-order valence-electron chi connectivity index (χ1n) is 6.56. The van der Waals surface area contributed by atoms with Crippen LogP contribution in [0.25, 0.3) is 0 Å². The highest BCUT2D eigenvalue weighted by Crippen LogP contribution is 2.13. The monoisotopic (exact) mass is 240 g/mol. The Balaban J connectivity index is 2.19. The van der Waals surface area contributed by atoms with Gasteiger partial charge in [0.1, 0.15) is 6.29 Å². The number of rotatable bonds is 6. The maximum Gasteiger partial charge on any atom is 0.234 e. The molecule has 0 aromatic heterocycles. The van der Waals surface area contributed by atoms with Gasteiger partial charge in [0, 0.05) is 19.0 Å². The van der Waals surface area contributed by atoms with E-state index in [0.29, 0.717) is 12.5 Å². The normalized spacial score (nSPS) is 21.5. The second kappa shape index (κ2) is 7.43. The molecule has 4 nitrogen and oxygen atoms in total. The molecule has 1 aliphatic rings. The first-order chi connectivity index (χ1) is 8.11. The number of piperidine rings is 1. The zero-order valence-electron chi connectivity index (χ0n) is 10.9. The molecule has 1 rings (SSSR count). The number of carbonyl (C=O) groups excluding carboxylic acids is 2. The van der Waals surface area contributed by atoms with E-state index in [4.69, 9.17) is 0 Å². The highest BCUT2D eigenvalue weighted by atomic mass is 16.2. The summed E-state index contributed by atoms with van der Waals surface area (Å²) in [6.45, 7) is 7.14. The average molecular weight is 240 g/mol. The van der Waals surface area contributed by atoms with Crippen molar-refractivity contribution in [2.45, 2.75) is 33.1 Å². The number of amides is 1. The van der Waals surface area contributed by atoms with Crippen molar-refractivity contribution in [1.29, 1.82) is 0 Å². The summed E-state index contributed by atoms with van der Waals surface area (Å²) in [5.74, 6) is 0.814. The zero-order chi connectivity index (χ0) is 12.7. The van der Waals surface area contributed by atoms with Crippen molar-refractivity contribution in [3.63, 3.8) is 0 Å². The van der Waals surface area contributed by atoms with Crippen molar-refractivity contribution in [2.24, 2.45) is 11.8 Å². The molecule has 1 amide bonds. The van der Waals surface area contributed by atoms with Crippen LogP contribution in [0.2, 0.25) is 0 Å². The number of likely N-dealkylation sites (tertiary alicyclic amines) is 1. The lowest BCUT2D eigenvalue weighted by atomic mass is 10.00.